The van der Waals surface area contributed by atoms with Gasteiger partial charge in [0, 0.05) is 14.5 Å². The van der Waals surface area contributed by atoms with Crippen molar-refractivity contribution in [2.24, 2.45) is 0 Å². The highest BCUT2D eigenvalue weighted by Crippen LogP contribution is 2.29. The van der Waals surface area contributed by atoms with Crippen molar-refractivity contribution in [1.29, 1.82) is 0 Å². The Morgan fingerprint density at radius 2 is 1.40 bits per heavy atom. The molecule has 1 unspecified atom stereocenters. The zero-order valence-electron chi connectivity index (χ0n) is 16.3. The van der Waals surface area contributed by atoms with Gasteiger partial charge in [-0.1, -0.05) is 58.4 Å². The van der Waals surface area contributed by atoms with Gasteiger partial charge in [-0.25, -0.2) is 4.79 Å². The number of carbonyl (C=O) groups excluding carboxylic acids is 2. The molecule has 30 heavy (non-hydrogen) atoms. The molecule has 0 aliphatic heterocycles. The van der Waals surface area contributed by atoms with Gasteiger partial charge in [-0.15, -0.1) is 0 Å². The molecule has 6 heteroatoms. The van der Waals surface area contributed by atoms with E-state index in [-0.39, 0.29) is 12.4 Å². The Labute approximate surface area is 192 Å². The number of methoxy groups -OCH3 is 1. The summed E-state index contributed by atoms with van der Waals surface area (Å²) in [6.45, 7) is 0.118. The molecule has 0 saturated heterocycles. The Balaban J connectivity index is 1.79. The first-order valence-electron chi connectivity index (χ1n) is 9.35. The molecule has 0 heterocycles. The summed E-state index contributed by atoms with van der Waals surface area (Å²) < 4.78 is 12.1. The van der Waals surface area contributed by atoms with Crippen LogP contribution < -0.4 is 4.74 Å². The van der Waals surface area contributed by atoms with E-state index in [2.05, 4.69) is 31.9 Å². The van der Waals surface area contributed by atoms with Crippen LogP contribution in [0.1, 0.15) is 38.6 Å². The Morgan fingerprint density at radius 3 is 1.97 bits per heavy atom. The van der Waals surface area contributed by atoms with Gasteiger partial charge in [-0.2, -0.15) is 0 Å². The van der Waals surface area contributed by atoms with Crippen LogP contribution in [0.2, 0.25) is 0 Å². The molecule has 0 aliphatic rings. The van der Waals surface area contributed by atoms with Gasteiger partial charge in [0.25, 0.3) is 0 Å². The van der Waals surface area contributed by atoms with Crippen molar-refractivity contribution in [2.75, 3.05) is 13.7 Å². The van der Waals surface area contributed by atoms with Gasteiger partial charge in [0.15, 0.2) is 5.78 Å². The number of rotatable bonds is 8. The van der Waals surface area contributed by atoms with Crippen molar-refractivity contribution in [3.05, 3.63) is 98.4 Å². The summed E-state index contributed by atoms with van der Waals surface area (Å²) in [4.78, 5) is 25.7. The highest BCUT2D eigenvalue weighted by atomic mass is 79.9. The van der Waals surface area contributed by atoms with Crippen LogP contribution >= 0.6 is 31.9 Å². The summed E-state index contributed by atoms with van der Waals surface area (Å²) in [6, 6.07) is 21.8. The molecule has 0 radical (unpaired) electrons. The van der Waals surface area contributed by atoms with Gasteiger partial charge in [-0.3, -0.25) is 4.79 Å². The lowest BCUT2D eigenvalue weighted by molar-refractivity contribution is 0.0486. The lowest BCUT2D eigenvalue weighted by Gasteiger charge is -2.18. The Bertz CT molecular complexity index is 1030. The topological polar surface area (TPSA) is 52.6 Å². The van der Waals surface area contributed by atoms with Crippen LogP contribution in [0.4, 0.5) is 0 Å². The third kappa shape index (κ3) is 5.37. The monoisotopic (exact) mass is 530 g/mol. The second kappa shape index (κ2) is 10.5. The van der Waals surface area contributed by atoms with Crippen LogP contribution in [0.3, 0.4) is 0 Å². The van der Waals surface area contributed by atoms with Crippen LogP contribution in [0, 0.1) is 0 Å². The maximum absolute atomic E-state index is 13.3. The third-order valence-electron chi connectivity index (χ3n) is 4.71. The summed E-state index contributed by atoms with van der Waals surface area (Å²) in [5, 5.41) is 0. The number of hydrogen-bond acceptors (Lipinski definition) is 4. The minimum atomic E-state index is -0.457. The first kappa shape index (κ1) is 22.2. The van der Waals surface area contributed by atoms with Crippen LogP contribution in [0.5, 0.6) is 5.75 Å². The molecule has 3 aromatic carbocycles. The van der Waals surface area contributed by atoms with Gasteiger partial charge < -0.3 is 9.47 Å². The minimum absolute atomic E-state index is 0.0374. The summed E-state index contributed by atoms with van der Waals surface area (Å²) in [7, 11) is 1.60. The molecule has 0 N–H and O–H groups in total. The van der Waals surface area contributed by atoms with E-state index in [1.807, 2.05) is 48.5 Å². The van der Waals surface area contributed by atoms with Gasteiger partial charge in [0.05, 0.1) is 25.2 Å². The second-order valence-corrected chi connectivity index (χ2v) is 8.28. The number of benzene rings is 3. The van der Waals surface area contributed by atoms with E-state index in [0.29, 0.717) is 27.8 Å². The zero-order valence-corrected chi connectivity index (χ0v) is 19.5. The van der Waals surface area contributed by atoms with E-state index in [9.17, 15) is 9.59 Å². The molecule has 0 fully saturated rings. The van der Waals surface area contributed by atoms with Crippen LogP contribution in [0.25, 0.3) is 0 Å². The number of ketones is 1. The number of ether oxygens (including phenoxy) is 2. The molecule has 0 aliphatic carbocycles. The Kier molecular flexibility index (Phi) is 7.82. The summed E-state index contributed by atoms with van der Waals surface area (Å²) in [5.41, 5.74) is 1.89. The molecule has 0 spiro atoms. The van der Waals surface area contributed by atoms with Gasteiger partial charge in [0.1, 0.15) is 5.75 Å². The fraction of sp³-hybridized carbons (Fsp3) is 0.167. The minimum Gasteiger partial charge on any atom is -0.497 e. The predicted octanol–water partition coefficient (Wildman–Crippen LogP) is 6.43. The molecule has 0 amide bonds. The Hall–Kier alpha value is -2.44. The highest BCUT2D eigenvalue weighted by Gasteiger charge is 2.24. The average molecular weight is 532 g/mol. The normalized spacial score (nSPS) is 11.6. The lowest BCUT2D eigenvalue weighted by atomic mass is 9.88. The fourth-order valence-electron chi connectivity index (χ4n) is 3.11. The van der Waals surface area contributed by atoms with E-state index in [0.717, 1.165) is 10.0 Å². The number of Topliss-reactive ketones (excluding diaryl/α,β-unsaturated/α-hetero) is 1. The molecule has 0 saturated carbocycles. The van der Waals surface area contributed by atoms with Crippen molar-refractivity contribution >= 4 is 43.6 Å². The largest absolute Gasteiger partial charge is 0.497 e. The summed E-state index contributed by atoms with van der Waals surface area (Å²) in [5.74, 6) is -0.207. The van der Waals surface area contributed by atoms with Gasteiger partial charge in [-0.05, 0) is 58.2 Å². The summed E-state index contributed by atoms with van der Waals surface area (Å²) >= 11 is 6.82. The fourth-order valence-corrected chi connectivity index (χ4v) is 4.03. The molecule has 154 valence electrons. The van der Waals surface area contributed by atoms with Crippen LogP contribution in [0.15, 0.2) is 81.7 Å². The SMILES string of the molecule is COc1ccc(C(CCOC(=O)c2ccccc2Br)C(=O)c2ccccc2Br)cc1. The Morgan fingerprint density at radius 1 is 0.833 bits per heavy atom. The maximum Gasteiger partial charge on any atom is 0.339 e. The first-order chi connectivity index (χ1) is 14.5. The number of halogens is 2. The molecule has 3 rings (SSSR count). The smallest absolute Gasteiger partial charge is 0.339 e. The molecular formula is C24H20Br2O4. The van der Waals surface area contributed by atoms with Crippen LogP contribution in [-0.4, -0.2) is 25.5 Å². The number of carbonyl (C=O) groups is 2. The van der Waals surface area contributed by atoms with E-state index in [1.165, 1.54) is 0 Å². The molecule has 0 bridgehead atoms. The number of hydrogen-bond donors (Lipinski definition) is 0. The van der Waals surface area contributed by atoms with E-state index in [4.69, 9.17) is 9.47 Å². The quantitative estimate of drug-likeness (QED) is 0.248. The average Bonchev–Trinajstić information content (AvgIpc) is 2.77. The van der Waals surface area contributed by atoms with Crippen molar-refractivity contribution in [3.8, 4) is 5.75 Å². The van der Waals surface area contributed by atoms with E-state index in [1.54, 1.807) is 31.4 Å². The zero-order chi connectivity index (χ0) is 21.5. The molecule has 1 atom stereocenters. The molecule has 3 aromatic rings. The van der Waals surface area contributed by atoms with Gasteiger partial charge in [0.2, 0.25) is 0 Å². The lowest BCUT2D eigenvalue weighted by Crippen LogP contribution is -2.17. The van der Waals surface area contributed by atoms with Gasteiger partial charge >= 0.3 is 5.97 Å². The summed E-state index contributed by atoms with van der Waals surface area (Å²) in [6.07, 6.45) is 0.364. The molecular weight excluding hydrogens is 512 g/mol. The van der Waals surface area contributed by atoms with E-state index >= 15 is 0 Å². The third-order valence-corrected chi connectivity index (χ3v) is 6.09. The van der Waals surface area contributed by atoms with E-state index < -0.39 is 11.9 Å². The van der Waals surface area contributed by atoms with Crippen molar-refractivity contribution in [1.82, 2.24) is 0 Å². The standard InChI is InChI=1S/C24H20Br2O4/c1-29-17-12-10-16(11-13-17)18(23(27)19-6-2-4-8-21(19)25)14-15-30-24(28)20-7-3-5-9-22(20)26/h2-13,18H,14-15H2,1H3. The maximum atomic E-state index is 13.3. The first-order valence-corrected chi connectivity index (χ1v) is 10.9. The molecule has 0 aromatic heterocycles. The van der Waals surface area contributed by atoms with Crippen molar-refractivity contribution in [2.45, 2.75) is 12.3 Å². The van der Waals surface area contributed by atoms with Crippen molar-refractivity contribution < 1.29 is 19.1 Å². The number of esters is 1. The van der Waals surface area contributed by atoms with Crippen LogP contribution in [-0.2, 0) is 4.74 Å². The van der Waals surface area contributed by atoms with Crippen molar-refractivity contribution in [3.63, 3.8) is 0 Å². The predicted molar refractivity (Wildman–Crippen MR) is 123 cm³/mol. The highest BCUT2D eigenvalue weighted by molar-refractivity contribution is 9.10. The molecule has 4 nitrogen and oxygen atoms in total. The second-order valence-electron chi connectivity index (χ2n) is 6.57.